The second kappa shape index (κ2) is 9.21. The summed E-state index contributed by atoms with van der Waals surface area (Å²) in [5, 5.41) is 0. The summed E-state index contributed by atoms with van der Waals surface area (Å²) < 4.78 is 0. The zero-order chi connectivity index (χ0) is 21.9. The fraction of sp³-hybridized carbons (Fsp3) is 0.370. The highest BCUT2D eigenvalue weighted by Crippen LogP contribution is 2.27. The maximum Gasteiger partial charge on any atom is 0.257 e. The molecule has 2 aromatic carbocycles. The number of hydrogen-bond donors (Lipinski definition) is 0. The van der Waals surface area contributed by atoms with Gasteiger partial charge in [-0.2, -0.15) is 0 Å². The lowest BCUT2D eigenvalue weighted by Crippen LogP contribution is -2.36. The quantitative estimate of drug-likeness (QED) is 0.608. The summed E-state index contributed by atoms with van der Waals surface area (Å²) in [7, 11) is 0. The van der Waals surface area contributed by atoms with Gasteiger partial charge in [-0.15, -0.1) is 0 Å². The third kappa shape index (κ3) is 4.44. The summed E-state index contributed by atoms with van der Waals surface area (Å²) in [5.41, 5.74) is 7.02. The molecule has 0 aliphatic carbocycles. The van der Waals surface area contributed by atoms with E-state index in [0.717, 1.165) is 32.0 Å². The van der Waals surface area contributed by atoms with E-state index >= 15 is 0 Å². The first-order chi connectivity index (χ1) is 15.7. The van der Waals surface area contributed by atoms with Crippen molar-refractivity contribution in [1.82, 2.24) is 19.8 Å². The Labute approximate surface area is 190 Å². The summed E-state index contributed by atoms with van der Waals surface area (Å²) in [4.78, 5) is 25.2. The van der Waals surface area contributed by atoms with Crippen molar-refractivity contribution < 1.29 is 4.79 Å². The molecular formula is C27H30N4O. The van der Waals surface area contributed by atoms with Gasteiger partial charge in [0, 0.05) is 38.1 Å². The Hall–Kier alpha value is -3.05. The van der Waals surface area contributed by atoms with Crippen LogP contribution in [0.1, 0.15) is 46.8 Å². The van der Waals surface area contributed by atoms with E-state index in [-0.39, 0.29) is 5.91 Å². The molecule has 1 fully saturated rings. The monoisotopic (exact) mass is 426 g/mol. The Balaban J connectivity index is 1.24. The molecule has 3 heterocycles. The van der Waals surface area contributed by atoms with E-state index in [1.54, 1.807) is 12.4 Å². The Kier molecular flexibility index (Phi) is 5.99. The van der Waals surface area contributed by atoms with Crippen LogP contribution in [0.2, 0.25) is 0 Å². The van der Waals surface area contributed by atoms with Crippen molar-refractivity contribution in [3.05, 3.63) is 83.4 Å². The van der Waals surface area contributed by atoms with Gasteiger partial charge in [0.25, 0.3) is 5.91 Å². The molecule has 5 nitrogen and oxygen atoms in total. The number of carbonyl (C=O) groups excluding carboxylic acids is 1. The van der Waals surface area contributed by atoms with E-state index in [4.69, 9.17) is 0 Å². The van der Waals surface area contributed by atoms with Crippen molar-refractivity contribution in [3.63, 3.8) is 0 Å². The van der Waals surface area contributed by atoms with Crippen LogP contribution in [0.15, 0.2) is 61.2 Å². The van der Waals surface area contributed by atoms with Gasteiger partial charge < -0.3 is 9.80 Å². The van der Waals surface area contributed by atoms with Crippen LogP contribution >= 0.6 is 0 Å². The highest BCUT2D eigenvalue weighted by Gasteiger charge is 2.22. The number of likely N-dealkylation sites (tertiary alicyclic amines) is 1. The van der Waals surface area contributed by atoms with Crippen LogP contribution in [-0.4, -0.2) is 51.4 Å². The van der Waals surface area contributed by atoms with Crippen molar-refractivity contribution in [3.8, 4) is 11.1 Å². The molecule has 1 amide bonds. The molecule has 1 atom stereocenters. The van der Waals surface area contributed by atoms with Crippen molar-refractivity contribution in [1.29, 1.82) is 0 Å². The molecule has 0 N–H and O–H groups in total. The van der Waals surface area contributed by atoms with Crippen LogP contribution in [0.4, 0.5) is 0 Å². The predicted octanol–water partition coefficient (Wildman–Crippen LogP) is 4.37. The number of carbonyl (C=O) groups is 1. The van der Waals surface area contributed by atoms with E-state index < -0.39 is 0 Å². The van der Waals surface area contributed by atoms with E-state index in [1.807, 2.05) is 4.90 Å². The van der Waals surface area contributed by atoms with Gasteiger partial charge in [0.1, 0.15) is 6.33 Å². The predicted molar refractivity (Wildman–Crippen MR) is 126 cm³/mol. The standard InChI is InChI=1S/C27H30N4O/c1-20-3-2-12-30(20)13-10-21-4-6-22(7-5-21)23-8-9-25-18-31(14-11-24(25)15-23)27(32)26-16-28-19-29-17-26/h4-9,15-17,19-20H,2-3,10-14,18H2,1H3/t20-/m1/s1. The van der Waals surface area contributed by atoms with Crippen molar-refractivity contribution in [2.45, 2.75) is 45.2 Å². The number of nitrogens with zero attached hydrogens (tertiary/aromatic N) is 4. The first-order valence-corrected chi connectivity index (χ1v) is 11.7. The molecule has 3 aromatic rings. The largest absolute Gasteiger partial charge is 0.334 e. The van der Waals surface area contributed by atoms with Crippen LogP contribution in [-0.2, 0) is 19.4 Å². The van der Waals surface area contributed by atoms with Crippen LogP contribution in [0, 0.1) is 0 Å². The van der Waals surface area contributed by atoms with Crippen LogP contribution in [0.25, 0.3) is 11.1 Å². The number of benzene rings is 2. The third-order valence-corrected chi connectivity index (χ3v) is 6.98. The highest BCUT2D eigenvalue weighted by molar-refractivity contribution is 5.93. The lowest BCUT2D eigenvalue weighted by atomic mass is 9.94. The average molecular weight is 427 g/mol. The molecule has 1 aromatic heterocycles. The first-order valence-electron chi connectivity index (χ1n) is 11.7. The van der Waals surface area contributed by atoms with Gasteiger partial charge in [-0.05, 0) is 67.0 Å². The number of aromatic nitrogens is 2. The van der Waals surface area contributed by atoms with Gasteiger partial charge in [-0.3, -0.25) is 4.79 Å². The van der Waals surface area contributed by atoms with Crippen molar-refractivity contribution in [2.75, 3.05) is 19.6 Å². The Morgan fingerprint density at radius 1 is 1.00 bits per heavy atom. The molecule has 5 heteroatoms. The van der Waals surface area contributed by atoms with E-state index in [9.17, 15) is 4.79 Å². The van der Waals surface area contributed by atoms with Crippen molar-refractivity contribution >= 4 is 5.91 Å². The molecule has 1 saturated heterocycles. The summed E-state index contributed by atoms with van der Waals surface area (Å²) in [6.07, 6.45) is 9.28. The summed E-state index contributed by atoms with van der Waals surface area (Å²) in [6.45, 7) is 6.10. The SMILES string of the molecule is C[C@@H]1CCCN1CCc1ccc(-c2ccc3c(c2)CCN(C(=O)c2cncnc2)C3)cc1. The molecule has 0 saturated carbocycles. The summed E-state index contributed by atoms with van der Waals surface area (Å²) in [6, 6.07) is 16.4. The zero-order valence-electron chi connectivity index (χ0n) is 18.7. The first kappa shape index (κ1) is 20.8. The molecule has 0 radical (unpaired) electrons. The smallest absolute Gasteiger partial charge is 0.257 e. The molecule has 164 valence electrons. The van der Waals surface area contributed by atoms with E-state index in [1.165, 1.54) is 53.5 Å². The lowest BCUT2D eigenvalue weighted by molar-refractivity contribution is 0.0734. The molecule has 2 aliphatic rings. The fourth-order valence-corrected chi connectivity index (χ4v) is 4.96. The third-order valence-electron chi connectivity index (χ3n) is 6.98. The van der Waals surface area contributed by atoms with Crippen LogP contribution < -0.4 is 0 Å². The topological polar surface area (TPSA) is 49.3 Å². The summed E-state index contributed by atoms with van der Waals surface area (Å²) >= 11 is 0. The Morgan fingerprint density at radius 3 is 2.53 bits per heavy atom. The number of fused-ring (bicyclic) bond motifs is 1. The molecule has 0 spiro atoms. The van der Waals surface area contributed by atoms with Gasteiger partial charge in [0.05, 0.1) is 5.56 Å². The van der Waals surface area contributed by atoms with Crippen molar-refractivity contribution in [2.24, 2.45) is 0 Å². The molecular weight excluding hydrogens is 396 g/mol. The van der Waals surface area contributed by atoms with E-state index in [2.05, 4.69) is 64.3 Å². The minimum atomic E-state index is -0.000704. The number of hydrogen-bond acceptors (Lipinski definition) is 4. The van der Waals surface area contributed by atoms with Gasteiger partial charge in [0.2, 0.25) is 0 Å². The van der Waals surface area contributed by atoms with Gasteiger partial charge in [0.15, 0.2) is 0 Å². The van der Waals surface area contributed by atoms with Crippen LogP contribution in [0.3, 0.4) is 0 Å². The molecule has 0 bridgehead atoms. The zero-order valence-corrected chi connectivity index (χ0v) is 18.7. The summed E-state index contributed by atoms with van der Waals surface area (Å²) in [5.74, 6) is -0.000704. The molecule has 0 unspecified atom stereocenters. The second-order valence-corrected chi connectivity index (χ2v) is 9.06. The molecule has 5 rings (SSSR count). The fourth-order valence-electron chi connectivity index (χ4n) is 4.96. The molecule has 32 heavy (non-hydrogen) atoms. The van der Waals surface area contributed by atoms with E-state index in [0.29, 0.717) is 12.1 Å². The highest BCUT2D eigenvalue weighted by atomic mass is 16.2. The maximum absolute atomic E-state index is 12.7. The van der Waals surface area contributed by atoms with Gasteiger partial charge in [-0.25, -0.2) is 9.97 Å². The van der Waals surface area contributed by atoms with Gasteiger partial charge in [-0.1, -0.05) is 42.5 Å². The lowest BCUT2D eigenvalue weighted by Gasteiger charge is -2.29. The Bertz CT molecular complexity index is 1080. The average Bonchev–Trinajstić information content (AvgIpc) is 3.27. The number of amides is 1. The minimum absolute atomic E-state index is 0.000704. The maximum atomic E-state index is 12.7. The molecule has 2 aliphatic heterocycles. The second-order valence-electron chi connectivity index (χ2n) is 9.06. The normalized spacial score (nSPS) is 18.5. The minimum Gasteiger partial charge on any atom is -0.334 e. The Morgan fingerprint density at radius 2 is 1.78 bits per heavy atom. The van der Waals surface area contributed by atoms with Gasteiger partial charge >= 0.3 is 0 Å². The number of rotatable bonds is 5. The van der Waals surface area contributed by atoms with Crippen LogP contribution in [0.5, 0.6) is 0 Å².